The number of nitrogens with two attached hydrogens (primary N) is 1. The van der Waals surface area contributed by atoms with E-state index >= 15 is 0 Å². The number of rotatable bonds is 4. The van der Waals surface area contributed by atoms with Crippen LogP contribution in [-0.2, 0) is 6.42 Å². The van der Waals surface area contributed by atoms with Gasteiger partial charge in [0.25, 0.3) is 0 Å². The Bertz CT molecular complexity index is 512. The van der Waals surface area contributed by atoms with Gasteiger partial charge in [0.05, 0.1) is 0 Å². The van der Waals surface area contributed by atoms with Gasteiger partial charge in [-0.2, -0.15) is 4.98 Å². The van der Waals surface area contributed by atoms with Crippen LogP contribution in [0.15, 0.2) is 6.20 Å². The van der Waals surface area contributed by atoms with Crippen molar-refractivity contribution in [1.82, 2.24) is 19.8 Å². The summed E-state index contributed by atoms with van der Waals surface area (Å²) in [7, 11) is 2.25. The molecule has 2 aliphatic heterocycles. The summed E-state index contributed by atoms with van der Waals surface area (Å²) in [5, 5.41) is 0. The van der Waals surface area contributed by atoms with Crippen molar-refractivity contribution >= 4 is 11.8 Å². The van der Waals surface area contributed by atoms with E-state index in [1.807, 2.05) is 6.20 Å². The fourth-order valence-electron chi connectivity index (χ4n) is 3.86. The van der Waals surface area contributed by atoms with Gasteiger partial charge in [0.1, 0.15) is 5.82 Å². The summed E-state index contributed by atoms with van der Waals surface area (Å²) in [5.74, 6) is 2.25. The maximum atomic E-state index is 5.79. The summed E-state index contributed by atoms with van der Waals surface area (Å²) >= 11 is 0. The molecule has 6 heteroatoms. The topological polar surface area (TPSA) is 61.5 Å². The minimum absolute atomic E-state index is 0.380. The molecule has 1 aromatic heterocycles. The number of likely N-dealkylation sites (tertiary alicyclic amines) is 1. The van der Waals surface area contributed by atoms with Gasteiger partial charge in [-0.1, -0.05) is 6.92 Å². The van der Waals surface area contributed by atoms with E-state index in [4.69, 9.17) is 5.73 Å². The summed E-state index contributed by atoms with van der Waals surface area (Å²) in [6.45, 7) is 10.2. The Morgan fingerprint density at radius 2 is 2.00 bits per heavy atom. The maximum absolute atomic E-state index is 5.79. The molecular formula is C17H30N6. The molecule has 2 saturated heterocycles. The van der Waals surface area contributed by atoms with Crippen LogP contribution in [0.1, 0.15) is 25.3 Å². The first-order valence-corrected chi connectivity index (χ1v) is 8.93. The predicted octanol–water partition coefficient (Wildman–Crippen LogP) is 1.09. The lowest BCUT2D eigenvalue weighted by Crippen LogP contribution is -2.49. The predicted molar refractivity (Wildman–Crippen MR) is 94.7 cm³/mol. The second-order valence-corrected chi connectivity index (χ2v) is 6.99. The second-order valence-electron chi connectivity index (χ2n) is 6.99. The molecule has 23 heavy (non-hydrogen) atoms. The van der Waals surface area contributed by atoms with Crippen LogP contribution in [0.2, 0.25) is 0 Å². The average Bonchev–Trinajstić information content (AvgIpc) is 2.55. The molecule has 0 radical (unpaired) electrons. The highest BCUT2D eigenvalue weighted by Crippen LogP contribution is 2.22. The first-order valence-electron chi connectivity index (χ1n) is 8.93. The van der Waals surface area contributed by atoms with E-state index in [-0.39, 0.29) is 0 Å². The highest BCUT2D eigenvalue weighted by atomic mass is 15.3. The van der Waals surface area contributed by atoms with Crippen LogP contribution in [0.5, 0.6) is 0 Å². The Morgan fingerprint density at radius 3 is 2.70 bits per heavy atom. The molecule has 0 unspecified atom stereocenters. The highest BCUT2D eigenvalue weighted by Gasteiger charge is 2.24. The Morgan fingerprint density at radius 1 is 1.22 bits per heavy atom. The number of nitrogen functional groups attached to an aromatic ring is 1. The molecule has 128 valence electrons. The van der Waals surface area contributed by atoms with Crippen LogP contribution in [-0.4, -0.2) is 72.6 Å². The van der Waals surface area contributed by atoms with Gasteiger partial charge in [0.15, 0.2) is 0 Å². The Balaban J connectivity index is 1.55. The molecule has 2 N–H and O–H groups in total. The van der Waals surface area contributed by atoms with Crippen molar-refractivity contribution in [2.45, 2.75) is 26.2 Å². The molecule has 1 atom stereocenters. The Labute approximate surface area is 139 Å². The lowest BCUT2D eigenvalue weighted by molar-refractivity contribution is 0.147. The van der Waals surface area contributed by atoms with Crippen molar-refractivity contribution in [3.8, 4) is 0 Å². The smallest absolute Gasteiger partial charge is 0.221 e. The van der Waals surface area contributed by atoms with Crippen LogP contribution < -0.4 is 10.6 Å². The Kier molecular flexibility index (Phi) is 5.33. The van der Waals surface area contributed by atoms with E-state index in [1.165, 1.54) is 38.0 Å². The maximum Gasteiger partial charge on any atom is 0.221 e. The SMILES string of the molecule is CCc1cnc(N)nc1N1CCN(C[C@@H]2CCCN(C)C2)CC1. The number of nitrogens with zero attached hydrogens (tertiary/aromatic N) is 5. The van der Waals surface area contributed by atoms with E-state index in [2.05, 4.69) is 38.6 Å². The number of aryl methyl sites for hydroxylation is 1. The summed E-state index contributed by atoms with van der Waals surface area (Å²) in [5.41, 5.74) is 6.98. The van der Waals surface area contributed by atoms with Crippen molar-refractivity contribution in [2.24, 2.45) is 5.92 Å². The fraction of sp³-hybridized carbons (Fsp3) is 0.765. The Hall–Kier alpha value is -1.40. The number of aromatic nitrogens is 2. The van der Waals surface area contributed by atoms with E-state index in [0.29, 0.717) is 5.95 Å². The first kappa shape index (κ1) is 16.5. The molecule has 0 spiro atoms. The minimum atomic E-state index is 0.380. The molecule has 2 fully saturated rings. The van der Waals surface area contributed by atoms with Gasteiger partial charge < -0.3 is 15.5 Å². The third kappa shape index (κ3) is 4.12. The number of piperazine rings is 1. The van der Waals surface area contributed by atoms with E-state index in [1.54, 1.807) is 0 Å². The second kappa shape index (κ2) is 7.45. The highest BCUT2D eigenvalue weighted by molar-refractivity contribution is 5.49. The largest absolute Gasteiger partial charge is 0.368 e. The van der Waals surface area contributed by atoms with Crippen LogP contribution in [0.3, 0.4) is 0 Å². The number of hydrogen-bond acceptors (Lipinski definition) is 6. The standard InChI is InChI=1S/C17H30N6/c1-3-15-11-19-17(18)20-16(15)23-9-7-22(8-10-23)13-14-5-4-6-21(2)12-14/h11,14H,3-10,12-13H2,1-2H3,(H2,18,19,20)/t14-/m1/s1. The molecule has 0 bridgehead atoms. The summed E-state index contributed by atoms with van der Waals surface area (Å²) in [6, 6.07) is 0. The molecule has 6 nitrogen and oxygen atoms in total. The minimum Gasteiger partial charge on any atom is -0.368 e. The summed E-state index contributed by atoms with van der Waals surface area (Å²) in [6.07, 6.45) is 5.56. The van der Waals surface area contributed by atoms with Gasteiger partial charge in [0, 0.05) is 51.0 Å². The molecule has 0 amide bonds. The van der Waals surface area contributed by atoms with Crippen molar-refractivity contribution in [3.63, 3.8) is 0 Å². The molecule has 0 aromatic carbocycles. The molecular weight excluding hydrogens is 288 g/mol. The first-order chi connectivity index (χ1) is 11.2. The molecule has 0 saturated carbocycles. The lowest BCUT2D eigenvalue weighted by Gasteiger charge is -2.39. The zero-order valence-electron chi connectivity index (χ0n) is 14.5. The number of piperidine rings is 1. The molecule has 3 heterocycles. The van der Waals surface area contributed by atoms with E-state index in [0.717, 1.165) is 44.3 Å². The monoisotopic (exact) mass is 318 g/mol. The average molecular weight is 318 g/mol. The quantitative estimate of drug-likeness (QED) is 0.896. The molecule has 0 aliphatic carbocycles. The number of hydrogen-bond donors (Lipinski definition) is 1. The van der Waals surface area contributed by atoms with Gasteiger partial charge in [-0.05, 0) is 38.8 Å². The van der Waals surface area contributed by atoms with Gasteiger partial charge in [-0.25, -0.2) is 4.98 Å². The van der Waals surface area contributed by atoms with Crippen molar-refractivity contribution in [3.05, 3.63) is 11.8 Å². The van der Waals surface area contributed by atoms with Gasteiger partial charge >= 0.3 is 0 Å². The summed E-state index contributed by atoms with van der Waals surface area (Å²) in [4.78, 5) is 16.1. The molecule has 3 rings (SSSR count). The van der Waals surface area contributed by atoms with Crippen molar-refractivity contribution in [1.29, 1.82) is 0 Å². The van der Waals surface area contributed by atoms with Gasteiger partial charge in [0.2, 0.25) is 5.95 Å². The van der Waals surface area contributed by atoms with E-state index in [9.17, 15) is 0 Å². The lowest BCUT2D eigenvalue weighted by atomic mass is 9.97. The zero-order chi connectivity index (χ0) is 16.2. The zero-order valence-corrected chi connectivity index (χ0v) is 14.5. The van der Waals surface area contributed by atoms with Crippen LogP contribution in [0.4, 0.5) is 11.8 Å². The van der Waals surface area contributed by atoms with Crippen LogP contribution in [0, 0.1) is 5.92 Å². The normalized spacial score (nSPS) is 24.1. The number of anilines is 2. The summed E-state index contributed by atoms with van der Waals surface area (Å²) < 4.78 is 0. The molecule has 2 aliphatic rings. The van der Waals surface area contributed by atoms with Crippen LogP contribution >= 0.6 is 0 Å². The van der Waals surface area contributed by atoms with Gasteiger partial charge in [-0.3, -0.25) is 4.90 Å². The van der Waals surface area contributed by atoms with Gasteiger partial charge in [-0.15, -0.1) is 0 Å². The third-order valence-corrected chi connectivity index (χ3v) is 5.15. The van der Waals surface area contributed by atoms with Crippen molar-refractivity contribution in [2.75, 3.05) is 63.5 Å². The van der Waals surface area contributed by atoms with Crippen LogP contribution in [0.25, 0.3) is 0 Å². The third-order valence-electron chi connectivity index (χ3n) is 5.15. The van der Waals surface area contributed by atoms with E-state index < -0.39 is 0 Å². The fourth-order valence-corrected chi connectivity index (χ4v) is 3.86. The van der Waals surface area contributed by atoms with Crippen molar-refractivity contribution < 1.29 is 0 Å². The molecule has 1 aromatic rings.